The van der Waals surface area contributed by atoms with Gasteiger partial charge in [0.15, 0.2) is 9.84 Å². The van der Waals surface area contributed by atoms with E-state index in [2.05, 4.69) is 9.12 Å². The molecule has 1 fully saturated rings. The summed E-state index contributed by atoms with van der Waals surface area (Å²) in [5, 5.41) is 0. The van der Waals surface area contributed by atoms with Gasteiger partial charge in [-0.15, -0.1) is 0 Å². The fraction of sp³-hybridized carbons (Fsp3) is 0.462. The van der Waals surface area contributed by atoms with Crippen LogP contribution in [0.4, 0.5) is 0 Å². The zero-order valence-corrected chi connectivity index (χ0v) is 13.4. The first-order chi connectivity index (χ1) is 10.3. The topological polar surface area (TPSA) is 110 Å². The molecule has 1 aromatic carbocycles. The Morgan fingerprint density at radius 2 is 1.59 bits per heavy atom. The van der Waals surface area contributed by atoms with Gasteiger partial charge in [0.1, 0.15) is 4.87 Å². The van der Waals surface area contributed by atoms with E-state index in [-0.39, 0.29) is 17.7 Å². The number of benzene rings is 1. The average molecular weight is 344 g/mol. The molecule has 7 nitrogen and oxygen atoms in total. The van der Waals surface area contributed by atoms with Crippen LogP contribution in [0.25, 0.3) is 0 Å². The van der Waals surface area contributed by atoms with Crippen molar-refractivity contribution in [2.75, 3.05) is 0 Å². The summed E-state index contributed by atoms with van der Waals surface area (Å²) in [6, 6.07) is 7.66. The van der Waals surface area contributed by atoms with Gasteiger partial charge in [0.05, 0.1) is 4.90 Å². The molecule has 1 N–H and O–H groups in total. The van der Waals surface area contributed by atoms with Crippen LogP contribution in [0.1, 0.15) is 32.1 Å². The van der Waals surface area contributed by atoms with Gasteiger partial charge in [-0.1, -0.05) is 41.9 Å². The number of nitrogens with one attached hydrogen (secondary N) is 1. The second kappa shape index (κ2) is 6.29. The molecule has 1 aliphatic carbocycles. The van der Waals surface area contributed by atoms with Gasteiger partial charge in [-0.2, -0.15) is 13.1 Å². The molecule has 0 aliphatic heterocycles. The Kier molecular flexibility index (Phi) is 4.81. The molecular formula is C13H16N2O5S2. The molecule has 1 aliphatic rings. The third kappa shape index (κ3) is 3.27. The van der Waals surface area contributed by atoms with Gasteiger partial charge in [0, 0.05) is 0 Å². The highest BCUT2D eigenvalue weighted by molar-refractivity contribution is 7.94. The minimum absolute atomic E-state index is 0.0367. The molecular weight excluding hydrogens is 328 g/mol. The van der Waals surface area contributed by atoms with Gasteiger partial charge < -0.3 is 0 Å². The van der Waals surface area contributed by atoms with E-state index < -0.39 is 24.9 Å². The maximum Gasteiger partial charge on any atom is 0.331 e. The molecule has 0 radical (unpaired) electrons. The van der Waals surface area contributed by atoms with Gasteiger partial charge in [-0.05, 0) is 25.0 Å². The minimum atomic E-state index is -4.41. The van der Waals surface area contributed by atoms with E-state index in [1.807, 2.05) is 0 Å². The van der Waals surface area contributed by atoms with E-state index in [0.29, 0.717) is 12.8 Å². The van der Waals surface area contributed by atoms with Gasteiger partial charge in [-0.3, -0.25) is 0 Å². The van der Waals surface area contributed by atoms with E-state index in [1.165, 1.54) is 12.1 Å². The fourth-order valence-electron chi connectivity index (χ4n) is 2.68. The summed E-state index contributed by atoms with van der Waals surface area (Å²) in [4.78, 5) is 8.59. The highest BCUT2D eigenvalue weighted by Crippen LogP contribution is 2.37. The Morgan fingerprint density at radius 1 is 1.00 bits per heavy atom. The first-order valence-corrected chi connectivity index (χ1v) is 9.68. The van der Waals surface area contributed by atoms with Gasteiger partial charge in [0.25, 0.3) is 6.08 Å². The molecule has 120 valence electrons. The SMILES string of the molecule is O=C=NS(=O)(=O)NC1(S(=O)(=O)c2ccccc2)CCCCC1. The van der Waals surface area contributed by atoms with Gasteiger partial charge >= 0.3 is 10.2 Å². The largest absolute Gasteiger partial charge is 0.331 e. The molecule has 2 rings (SSSR count). The predicted molar refractivity (Wildman–Crippen MR) is 79.6 cm³/mol. The zero-order valence-electron chi connectivity index (χ0n) is 11.7. The monoisotopic (exact) mass is 344 g/mol. The lowest BCUT2D eigenvalue weighted by molar-refractivity contribution is 0.354. The molecule has 0 bridgehead atoms. The lowest BCUT2D eigenvalue weighted by atomic mass is 9.95. The van der Waals surface area contributed by atoms with Crippen LogP contribution in [0.3, 0.4) is 0 Å². The molecule has 0 spiro atoms. The van der Waals surface area contributed by atoms with Crippen molar-refractivity contribution in [3.05, 3.63) is 30.3 Å². The van der Waals surface area contributed by atoms with E-state index in [9.17, 15) is 21.6 Å². The normalized spacial score (nSPS) is 18.4. The van der Waals surface area contributed by atoms with Crippen LogP contribution in [0.15, 0.2) is 39.6 Å². The van der Waals surface area contributed by atoms with Gasteiger partial charge in [0.2, 0.25) is 0 Å². The quantitative estimate of drug-likeness (QED) is 0.639. The third-order valence-corrected chi connectivity index (χ3v) is 7.23. The number of sulfone groups is 1. The highest BCUT2D eigenvalue weighted by Gasteiger charge is 2.48. The van der Waals surface area contributed by atoms with Crippen LogP contribution in [-0.4, -0.2) is 27.8 Å². The first kappa shape index (κ1) is 16.8. The fourth-order valence-corrected chi connectivity index (χ4v) is 6.05. The molecule has 0 saturated heterocycles. The van der Waals surface area contributed by atoms with Crippen LogP contribution in [-0.2, 0) is 24.8 Å². The van der Waals surface area contributed by atoms with Crippen molar-refractivity contribution in [1.82, 2.24) is 4.72 Å². The molecule has 9 heteroatoms. The average Bonchev–Trinajstić information content (AvgIpc) is 2.48. The predicted octanol–water partition coefficient (Wildman–Crippen LogP) is 1.29. The second-order valence-corrected chi connectivity index (χ2v) is 8.73. The van der Waals surface area contributed by atoms with E-state index in [0.717, 1.165) is 12.5 Å². The summed E-state index contributed by atoms with van der Waals surface area (Å²) in [6.07, 6.45) is 3.17. The maximum absolute atomic E-state index is 12.9. The number of rotatable bonds is 5. The Morgan fingerprint density at radius 3 is 2.14 bits per heavy atom. The van der Waals surface area contributed by atoms with E-state index in [4.69, 9.17) is 0 Å². The molecule has 0 amide bonds. The molecule has 0 heterocycles. The molecule has 22 heavy (non-hydrogen) atoms. The number of nitrogens with zero attached hydrogens (tertiary/aromatic N) is 1. The minimum Gasteiger partial charge on any atom is -0.222 e. The Bertz CT molecular complexity index is 775. The summed E-state index contributed by atoms with van der Waals surface area (Å²) in [5.41, 5.74) is 0. The van der Waals surface area contributed by atoms with Crippen molar-refractivity contribution in [2.24, 2.45) is 4.40 Å². The van der Waals surface area contributed by atoms with Crippen molar-refractivity contribution >= 4 is 26.1 Å². The summed E-state index contributed by atoms with van der Waals surface area (Å²) >= 11 is 0. The van der Waals surface area contributed by atoms with Gasteiger partial charge in [-0.25, -0.2) is 13.2 Å². The second-order valence-electron chi connectivity index (χ2n) is 5.13. The van der Waals surface area contributed by atoms with Crippen molar-refractivity contribution in [2.45, 2.75) is 41.9 Å². The first-order valence-electron chi connectivity index (χ1n) is 6.76. The van der Waals surface area contributed by atoms with Crippen LogP contribution in [0, 0.1) is 0 Å². The van der Waals surface area contributed by atoms with Crippen LogP contribution in [0.2, 0.25) is 0 Å². The Balaban J connectivity index is 2.53. The van der Waals surface area contributed by atoms with Crippen LogP contribution in [0.5, 0.6) is 0 Å². The smallest absolute Gasteiger partial charge is 0.222 e. The maximum atomic E-state index is 12.9. The number of isocyanates is 1. The number of carbonyl (C=O) groups excluding carboxylic acids is 1. The van der Waals surface area contributed by atoms with E-state index >= 15 is 0 Å². The summed E-state index contributed by atoms with van der Waals surface area (Å²) in [7, 11) is -8.36. The molecule has 1 saturated carbocycles. The third-order valence-electron chi connectivity index (χ3n) is 3.70. The zero-order chi connectivity index (χ0) is 16.3. The van der Waals surface area contributed by atoms with Crippen molar-refractivity contribution in [1.29, 1.82) is 0 Å². The van der Waals surface area contributed by atoms with Crippen molar-refractivity contribution in [3.8, 4) is 0 Å². The highest BCUT2D eigenvalue weighted by atomic mass is 32.2. The van der Waals surface area contributed by atoms with E-state index in [1.54, 1.807) is 18.2 Å². The van der Waals surface area contributed by atoms with Crippen molar-refractivity contribution in [3.63, 3.8) is 0 Å². The molecule has 0 aromatic heterocycles. The molecule has 1 aromatic rings. The number of hydrogen-bond donors (Lipinski definition) is 1. The summed E-state index contributed by atoms with van der Waals surface area (Å²) < 4.78 is 54.2. The van der Waals surface area contributed by atoms with Crippen LogP contribution < -0.4 is 4.72 Å². The Labute approximate surface area is 129 Å². The Hall–Kier alpha value is -1.54. The van der Waals surface area contributed by atoms with Crippen LogP contribution >= 0.6 is 0 Å². The lowest BCUT2D eigenvalue weighted by Crippen LogP contribution is -2.54. The lowest BCUT2D eigenvalue weighted by Gasteiger charge is -2.36. The summed E-state index contributed by atoms with van der Waals surface area (Å²) in [6.45, 7) is 0. The summed E-state index contributed by atoms with van der Waals surface area (Å²) in [5.74, 6) is 0. The van der Waals surface area contributed by atoms with Crippen molar-refractivity contribution < 1.29 is 21.6 Å². The molecule has 0 unspecified atom stereocenters. The number of hydrogen-bond acceptors (Lipinski definition) is 5. The standard InChI is InChI=1S/C13H16N2O5S2/c16-11-14-22(19,20)15-13(9-5-2-6-10-13)21(17,18)12-7-3-1-4-8-12/h1,3-4,7-8,15H,2,5-6,9-10H2. The molecule has 0 atom stereocenters.